The molecule has 0 bridgehead atoms. The van der Waals surface area contributed by atoms with Crippen molar-refractivity contribution in [1.82, 2.24) is 9.97 Å². The molecule has 4 heteroatoms. The van der Waals surface area contributed by atoms with Gasteiger partial charge < -0.3 is 0 Å². The molecule has 2 aromatic rings. The first-order valence-corrected chi connectivity index (χ1v) is 5.49. The minimum atomic E-state index is 0.966. The van der Waals surface area contributed by atoms with E-state index >= 15 is 0 Å². The highest BCUT2D eigenvalue weighted by Gasteiger charge is 2.00. The van der Waals surface area contributed by atoms with Gasteiger partial charge in [0.2, 0.25) is 0 Å². The number of fused-ring (bicyclic) bond motifs is 1. The second kappa shape index (κ2) is 3.41. The summed E-state index contributed by atoms with van der Waals surface area (Å²) < 4.78 is 2.35. The standard InChI is InChI=1S/C8H4I2N2/c9-5-3-6(10)8-7(4-5)11-1-2-12-8/h1-4H. The maximum absolute atomic E-state index is 4.25. The number of hydrogen-bond acceptors (Lipinski definition) is 2. The molecule has 0 saturated carbocycles. The summed E-state index contributed by atoms with van der Waals surface area (Å²) in [5.41, 5.74) is 1.95. The predicted molar refractivity (Wildman–Crippen MR) is 65.0 cm³/mol. The largest absolute Gasteiger partial charge is 0.253 e. The Morgan fingerprint density at radius 3 is 2.58 bits per heavy atom. The Bertz CT molecular complexity index is 428. The fourth-order valence-electron chi connectivity index (χ4n) is 1.00. The van der Waals surface area contributed by atoms with Crippen molar-refractivity contribution in [3.8, 4) is 0 Å². The zero-order chi connectivity index (χ0) is 8.55. The molecule has 0 aliphatic heterocycles. The van der Waals surface area contributed by atoms with Crippen molar-refractivity contribution in [2.75, 3.05) is 0 Å². The van der Waals surface area contributed by atoms with Crippen LogP contribution >= 0.6 is 45.2 Å². The van der Waals surface area contributed by atoms with Crippen molar-refractivity contribution in [1.29, 1.82) is 0 Å². The van der Waals surface area contributed by atoms with Gasteiger partial charge in [-0.05, 0) is 57.3 Å². The second-order valence-corrected chi connectivity index (χ2v) is 4.72. The van der Waals surface area contributed by atoms with Crippen LogP contribution in [0.4, 0.5) is 0 Å². The normalized spacial score (nSPS) is 10.5. The molecule has 0 spiro atoms. The molecule has 0 atom stereocenters. The Morgan fingerprint density at radius 2 is 1.75 bits per heavy atom. The highest BCUT2D eigenvalue weighted by Crippen LogP contribution is 2.19. The predicted octanol–water partition coefficient (Wildman–Crippen LogP) is 2.84. The summed E-state index contributed by atoms with van der Waals surface area (Å²) in [6.07, 6.45) is 3.44. The van der Waals surface area contributed by atoms with Gasteiger partial charge in [-0.2, -0.15) is 0 Å². The molecule has 1 aromatic heterocycles. The van der Waals surface area contributed by atoms with Crippen LogP contribution in [0.15, 0.2) is 24.5 Å². The molecule has 0 amide bonds. The summed E-state index contributed by atoms with van der Waals surface area (Å²) in [6.45, 7) is 0. The van der Waals surface area contributed by atoms with E-state index in [0.29, 0.717) is 0 Å². The summed E-state index contributed by atoms with van der Waals surface area (Å²) in [5.74, 6) is 0. The van der Waals surface area contributed by atoms with Crippen LogP contribution in [0.3, 0.4) is 0 Å². The molecule has 0 saturated heterocycles. The van der Waals surface area contributed by atoms with Crippen LogP contribution in [0.1, 0.15) is 0 Å². The number of hydrogen-bond donors (Lipinski definition) is 0. The summed E-state index contributed by atoms with van der Waals surface area (Å²) in [7, 11) is 0. The van der Waals surface area contributed by atoms with Crippen molar-refractivity contribution in [3.05, 3.63) is 31.7 Å². The van der Waals surface area contributed by atoms with Gasteiger partial charge in [0.15, 0.2) is 0 Å². The molecule has 1 aromatic carbocycles. The van der Waals surface area contributed by atoms with Crippen molar-refractivity contribution in [2.45, 2.75) is 0 Å². The average Bonchev–Trinajstić information content (AvgIpc) is 2.04. The Hall–Kier alpha value is 0.0200. The lowest BCUT2D eigenvalue weighted by Crippen LogP contribution is -1.86. The van der Waals surface area contributed by atoms with Crippen molar-refractivity contribution in [3.63, 3.8) is 0 Å². The van der Waals surface area contributed by atoms with Crippen molar-refractivity contribution < 1.29 is 0 Å². The SMILES string of the molecule is Ic1cc(I)c2nccnc2c1. The fraction of sp³-hybridized carbons (Fsp3) is 0. The number of aromatic nitrogens is 2. The van der Waals surface area contributed by atoms with Crippen LogP contribution in [0.2, 0.25) is 0 Å². The summed E-state index contributed by atoms with van der Waals surface area (Å²) >= 11 is 4.56. The molecular weight excluding hydrogens is 378 g/mol. The number of nitrogens with zero attached hydrogens (tertiary/aromatic N) is 2. The van der Waals surface area contributed by atoms with E-state index in [0.717, 1.165) is 14.6 Å². The van der Waals surface area contributed by atoms with E-state index in [1.165, 1.54) is 3.57 Å². The van der Waals surface area contributed by atoms with E-state index in [1.807, 2.05) is 6.07 Å². The molecule has 2 nitrogen and oxygen atoms in total. The highest BCUT2D eigenvalue weighted by atomic mass is 127. The third-order valence-electron chi connectivity index (χ3n) is 1.49. The van der Waals surface area contributed by atoms with E-state index in [2.05, 4.69) is 61.2 Å². The van der Waals surface area contributed by atoms with Crippen molar-refractivity contribution in [2.24, 2.45) is 0 Å². The van der Waals surface area contributed by atoms with Gasteiger partial charge >= 0.3 is 0 Å². The highest BCUT2D eigenvalue weighted by molar-refractivity contribution is 14.1. The van der Waals surface area contributed by atoms with E-state index in [9.17, 15) is 0 Å². The van der Waals surface area contributed by atoms with Gasteiger partial charge in [0.25, 0.3) is 0 Å². The topological polar surface area (TPSA) is 25.8 Å². The smallest absolute Gasteiger partial charge is 0.102 e. The quantitative estimate of drug-likeness (QED) is 0.656. The van der Waals surface area contributed by atoms with E-state index in [-0.39, 0.29) is 0 Å². The van der Waals surface area contributed by atoms with Crippen LogP contribution in [-0.2, 0) is 0 Å². The van der Waals surface area contributed by atoms with Crippen LogP contribution < -0.4 is 0 Å². The Labute approximate surface area is 97.1 Å². The van der Waals surface area contributed by atoms with Crippen LogP contribution in [0, 0.1) is 7.14 Å². The van der Waals surface area contributed by atoms with E-state index in [1.54, 1.807) is 12.4 Å². The van der Waals surface area contributed by atoms with Crippen molar-refractivity contribution >= 4 is 56.2 Å². The minimum Gasteiger partial charge on any atom is -0.253 e. The van der Waals surface area contributed by atoms with Gasteiger partial charge in [-0.1, -0.05) is 0 Å². The molecule has 12 heavy (non-hydrogen) atoms. The van der Waals surface area contributed by atoms with E-state index < -0.39 is 0 Å². The molecular formula is C8H4I2N2. The van der Waals surface area contributed by atoms with Crippen LogP contribution in [0.25, 0.3) is 11.0 Å². The lowest BCUT2D eigenvalue weighted by atomic mass is 10.3. The molecule has 0 N–H and O–H groups in total. The summed E-state index contributed by atoms with van der Waals surface area (Å²) in [6, 6.07) is 4.13. The van der Waals surface area contributed by atoms with Gasteiger partial charge in [-0.3, -0.25) is 9.97 Å². The number of halogens is 2. The monoisotopic (exact) mass is 382 g/mol. The Balaban J connectivity index is 2.89. The first kappa shape index (κ1) is 8.61. The second-order valence-electron chi connectivity index (χ2n) is 2.31. The van der Waals surface area contributed by atoms with Gasteiger partial charge in [0.1, 0.15) is 5.52 Å². The van der Waals surface area contributed by atoms with Crippen LogP contribution in [-0.4, -0.2) is 9.97 Å². The molecule has 0 unspecified atom stereocenters. The molecule has 0 aliphatic carbocycles. The Morgan fingerprint density at radius 1 is 1.00 bits per heavy atom. The maximum Gasteiger partial charge on any atom is 0.102 e. The third-order valence-corrected chi connectivity index (χ3v) is 2.94. The minimum absolute atomic E-state index is 0.966. The zero-order valence-corrected chi connectivity index (χ0v) is 10.3. The number of benzene rings is 1. The average molecular weight is 382 g/mol. The number of rotatable bonds is 0. The molecule has 0 radical (unpaired) electrons. The molecule has 1 heterocycles. The van der Waals surface area contributed by atoms with Gasteiger partial charge in [-0.25, -0.2) is 0 Å². The lowest BCUT2D eigenvalue weighted by Gasteiger charge is -1.98. The third kappa shape index (κ3) is 1.54. The van der Waals surface area contributed by atoms with Crippen LogP contribution in [0.5, 0.6) is 0 Å². The maximum atomic E-state index is 4.25. The van der Waals surface area contributed by atoms with Gasteiger partial charge in [-0.15, -0.1) is 0 Å². The molecule has 60 valence electrons. The van der Waals surface area contributed by atoms with Gasteiger partial charge in [0, 0.05) is 19.5 Å². The molecule has 0 aliphatic rings. The summed E-state index contributed by atoms with van der Waals surface area (Å²) in [4.78, 5) is 8.48. The zero-order valence-electron chi connectivity index (χ0n) is 5.96. The van der Waals surface area contributed by atoms with E-state index in [4.69, 9.17) is 0 Å². The first-order valence-electron chi connectivity index (χ1n) is 3.33. The Kier molecular flexibility index (Phi) is 2.44. The fourth-order valence-corrected chi connectivity index (χ4v) is 2.95. The molecule has 0 fully saturated rings. The summed E-state index contributed by atoms with van der Waals surface area (Å²) in [5, 5.41) is 0. The first-order chi connectivity index (χ1) is 5.77. The lowest BCUT2D eigenvalue weighted by molar-refractivity contribution is 1.28. The van der Waals surface area contributed by atoms with Gasteiger partial charge in [0.05, 0.1) is 5.52 Å². The molecule has 2 rings (SSSR count).